The average molecular weight is 554 g/mol. The summed E-state index contributed by atoms with van der Waals surface area (Å²) in [5.41, 5.74) is 2.99. The van der Waals surface area contributed by atoms with E-state index >= 15 is 0 Å². The summed E-state index contributed by atoms with van der Waals surface area (Å²) in [5, 5.41) is 5.91. The molecule has 0 aromatic heterocycles. The first-order chi connectivity index (χ1) is 18.7. The number of alkyl halides is 1. The number of nitrogens with one attached hydrogen (secondary N) is 2. The van der Waals surface area contributed by atoms with Gasteiger partial charge < -0.3 is 25.0 Å². The maximum Gasteiger partial charge on any atom is 0.337 e. The standard InChI is InChI=1S/C29H29ClFN3O5/c1-18-13-19(7-12-25(18)32-29(37)33-26-6-4-3-5-24(26)30)14-27(35)34-16-21(31)15-22(34)17-39-23-10-8-20(9-11-23)28(36)38-2/h3-13,21-22H,14-17H2,1-2H3,(H2,32,33,37)/t21-,22-/m0/s1. The summed E-state index contributed by atoms with van der Waals surface area (Å²) in [6.07, 6.45) is -0.854. The highest BCUT2D eigenvalue weighted by atomic mass is 35.5. The van der Waals surface area contributed by atoms with Gasteiger partial charge in [0.25, 0.3) is 0 Å². The number of benzene rings is 3. The van der Waals surface area contributed by atoms with Crippen molar-refractivity contribution >= 4 is 40.9 Å². The molecule has 3 amide bonds. The van der Waals surface area contributed by atoms with E-state index in [2.05, 4.69) is 15.4 Å². The number of hydrogen-bond acceptors (Lipinski definition) is 5. The second-order valence-corrected chi connectivity index (χ2v) is 9.65. The maximum absolute atomic E-state index is 14.3. The van der Waals surface area contributed by atoms with E-state index in [0.29, 0.717) is 27.7 Å². The van der Waals surface area contributed by atoms with Crippen LogP contribution in [0, 0.1) is 6.92 Å². The number of aryl methyl sites for hydroxylation is 1. The molecule has 8 nitrogen and oxygen atoms in total. The second-order valence-electron chi connectivity index (χ2n) is 9.24. The van der Waals surface area contributed by atoms with Gasteiger partial charge in [0.1, 0.15) is 18.5 Å². The summed E-state index contributed by atoms with van der Waals surface area (Å²) in [4.78, 5) is 38.6. The minimum Gasteiger partial charge on any atom is -0.491 e. The Kier molecular flexibility index (Phi) is 9.03. The minimum absolute atomic E-state index is 0.00891. The third-order valence-corrected chi connectivity index (χ3v) is 6.75. The van der Waals surface area contributed by atoms with Crippen LogP contribution in [0.3, 0.4) is 0 Å². The lowest BCUT2D eigenvalue weighted by molar-refractivity contribution is -0.132. The first kappa shape index (κ1) is 27.9. The van der Waals surface area contributed by atoms with Crippen LogP contribution in [0.1, 0.15) is 27.9 Å². The Hall–Kier alpha value is -4.11. The van der Waals surface area contributed by atoms with Crippen molar-refractivity contribution in [3.63, 3.8) is 0 Å². The topological polar surface area (TPSA) is 97.0 Å². The predicted molar refractivity (Wildman–Crippen MR) is 147 cm³/mol. The molecule has 0 unspecified atom stereocenters. The van der Waals surface area contributed by atoms with Gasteiger partial charge in [-0.15, -0.1) is 0 Å². The molecule has 0 radical (unpaired) electrons. The molecule has 3 aromatic rings. The van der Waals surface area contributed by atoms with Crippen LogP contribution >= 0.6 is 11.6 Å². The number of halogens is 2. The zero-order chi connectivity index (χ0) is 27.9. The molecule has 1 aliphatic rings. The van der Waals surface area contributed by atoms with Crippen molar-refractivity contribution in [1.29, 1.82) is 0 Å². The third-order valence-electron chi connectivity index (χ3n) is 6.42. The second kappa shape index (κ2) is 12.6. The highest BCUT2D eigenvalue weighted by Gasteiger charge is 2.35. The van der Waals surface area contributed by atoms with Crippen LogP contribution in [0.25, 0.3) is 0 Å². The Labute approximate surface area is 231 Å². The summed E-state index contributed by atoms with van der Waals surface area (Å²) in [6.45, 7) is 1.97. The molecule has 204 valence electrons. The van der Waals surface area contributed by atoms with E-state index in [-0.39, 0.29) is 31.9 Å². The lowest BCUT2D eigenvalue weighted by atomic mass is 10.1. The quantitative estimate of drug-likeness (QED) is 0.352. The van der Waals surface area contributed by atoms with Gasteiger partial charge in [-0.3, -0.25) is 4.79 Å². The van der Waals surface area contributed by atoms with Gasteiger partial charge in [0.05, 0.1) is 42.4 Å². The number of rotatable bonds is 8. The van der Waals surface area contributed by atoms with Crippen molar-refractivity contribution in [3.8, 4) is 5.75 Å². The molecule has 1 aliphatic heterocycles. The lowest BCUT2D eigenvalue weighted by Crippen LogP contribution is -2.40. The predicted octanol–water partition coefficient (Wildman–Crippen LogP) is 5.64. The van der Waals surface area contributed by atoms with Crippen LogP contribution < -0.4 is 15.4 Å². The highest BCUT2D eigenvalue weighted by molar-refractivity contribution is 6.33. The number of amides is 3. The highest BCUT2D eigenvalue weighted by Crippen LogP contribution is 2.25. The summed E-state index contributed by atoms with van der Waals surface area (Å²) < 4.78 is 24.8. The largest absolute Gasteiger partial charge is 0.491 e. The number of urea groups is 1. The first-order valence-electron chi connectivity index (χ1n) is 12.4. The zero-order valence-electron chi connectivity index (χ0n) is 21.6. The smallest absolute Gasteiger partial charge is 0.337 e. The van der Waals surface area contributed by atoms with Gasteiger partial charge in [0, 0.05) is 12.1 Å². The van der Waals surface area contributed by atoms with Crippen molar-refractivity contribution in [2.75, 3.05) is 30.9 Å². The van der Waals surface area contributed by atoms with Crippen LogP contribution in [0.5, 0.6) is 5.75 Å². The number of para-hydroxylation sites is 1. The van der Waals surface area contributed by atoms with Crippen molar-refractivity contribution in [1.82, 2.24) is 4.90 Å². The molecule has 1 saturated heterocycles. The monoisotopic (exact) mass is 553 g/mol. The van der Waals surface area contributed by atoms with Gasteiger partial charge in [-0.1, -0.05) is 35.9 Å². The first-order valence-corrected chi connectivity index (χ1v) is 12.8. The van der Waals surface area contributed by atoms with Crippen molar-refractivity contribution in [3.05, 3.63) is 88.4 Å². The lowest BCUT2D eigenvalue weighted by Gasteiger charge is -2.24. The number of carbonyl (C=O) groups excluding carboxylic acids is 3. The van der Waals surface area contributed by atoms with E-state index < -0.39 is 24.2 Å². The molecule has 4 rings (SSSR count). The Morgan fingerprint density at radius 1 is 1.03 bits per heavy atom. The van der Waals surface area contributed by atoms with Crippen LogP contribution in [0.2, 0.25) is 5.02 Å². The van der Waals surface area contributed by atoms with Gasteiger partial charge in [-0.05, 0) is 60.5 Å². The number of nitrogens with zero attached hydrogens (tertiary/aromatic N) is 1. The zero-order valence-corrected chi connectivity index (χ0v) is 22.3. The number of carbonyl (C=O) groups is 3. The number of anilines is 2. The molecule has 2 N–H and O–H groups in total. The van der Waals surface area contributed by atoms with Gasteiger partial charge in [0.2, 0.25) is 5.91 Å². The Morgan fingerprint density at radius 2 is 1.74 bits per heavy atom. The minimum atomic E-state index is -1.13. The molecular weight excluding hydrogens is 525 g/mol. The van der Waals surface area contributed by atoms with Crippen LogP contribution in [0.15, 0.2) is 66.7 Å². The Balaban J connectivity index is 1.33. The fraction of sp³-hybridized carbons (Fsp3) is 0.276. The molecule has 2 atom stereocenters. The van der Waals surface area contributed by atoms with Gasteiger partial charge in [0.15, 0.2) is 0 Å². The third kappa shape index (κ3) is 7.26. The molecule has 0 aliphatic carbocycles. The summed E-state index contributed by atoms with van der Waals surface area (Å²) in [5.74, 6) is -0.148. The van der Waals surface area contributed by atoms with E-state index in [1.807, 2.05) is 13.0 Å². The van der Waals surface area contributed by atoms with Crippen molar-refractivity contribution in [2.24, 2.45) is 0 Å². The van der Waals surface area contributed by atoms with E-state index in [4.69, 9.17) is 16.3 Å². The van der Waals surface area contributed by atoms with Crippen molar-refractivity contribution in [2.45, 2.75) is 32.0 Å². The molecule has 39 heavy (non-hydrogen) atoms. The van der Waals surface area contributed by atoms with Gasteiger partial charge in [-0.2, -0.15) is 0 Å². The van der Waals surface area contributed by atoms with E-state index in [9.17, 15) is 18.8 Å². The molecular formula is C29H29ClFN3O5. The number of esters is 1. The summed E-state index contributed by atoms with van der Waals surface area (Å²) >= 11 is 6.09. The number of likely N-dealkylation sites (tertiary alicyclic amines) is 1. The Morgan fingerprint density at radius 3 is 2.44 bits per heavy atom. The Bertz CT molecular complexity index is 1350. The number of ether oxygens (including phenoxy) is 2. The molecule has 10 heteroatoms. The summed E-state index contributed by atoms with van der Waals surface area (Å²) in [7, 11) is 1.31. The maximum atomic E-state index is 14.3. The van der Waals surface area contributed by atoms with Crippen molar-refractivity contribution < 1.29 is 28.2 Å². The van der Waals surface area contributed by atoms with Gasteiger partial charge in [-0.25, -0.2) is 14.0 Å². The van der Waals surface area contributed by atoms with Gasteiger partial charge >= 0.3 is 12.0 Å². The van der Waals surface area contributed by atoms with E-state index in [1.54, 1.807) is 60.7 Å². The molecule has 0 saturated carbocycles. The molecule has 0 bridgehead atoms. The van der Waals surface area contributed by atoms with Crippen LogP contribution in [-0.2, 0) is 16.0 Å². The van der Waals surface area contributed by atoms with Crippen LogP contribution in [-0.4, -0.2) is 55.3 Å². The number of hydrogen-bond donors (Lipinski definition) is 2. The molecule has 1 fully saturated rings. The fourth-order valence-corrected chi connectivity index (χ4v) is 4.59. The fourth-order valence-electron chi connectivity index (χ4n) is 4.41. The van der Waals surface area contributed by atoms with E-state index in [0.717, 1.165) is 11.1 Å². The normalized spacial score (nSPS) is 16.5. The average Bonchev–Trinajstić information content (AvgIpc) is 3.30. The molecule has 3 aromatic carbocycles. The van der Waals surface area contributed by atoms with Crippen LogP contribution in [0.4, 0.5) is 20.6 Å². The number of methoxy groups -OCH3 is 1. The molecule has 0 spiro atoms. The molecule has 1 heterocycles. The summed E-state index contributed by atoms with van der Waals surface area (Å²) in [6, 6.07) is 17.8. The van der Waals surface area contributed by atoms with E-state index in [1.165, 1.54) is 12.0 Å². The SMILES string of the molecule is COC(=O)c1ccc(OC[C@@H]2C[C@H](F)CN2C(=O)Cc2ccc(NC(=O)Nc3ccccc3Cl)c(C)c2)cc1.